The van der Waals surface area contributed by atoms with Crippen LogP contribution in [0.5, 0.6) is 0 Å². The number of nitrogens with one attached hydrogen (secondary N) is 2. The van der Waals surface area contributed by atoms with Crippen LogP contribution in [0, 0.1) is 5.92 Å². The summed E-state index contributed by atoms with van der Waals surface area (Å²) in [5, 5.41) is 22.3. The fourth-order valence-electron chi connectivity index (χ4n) is 2.08. The number of hydrogen-bond acceptors (Lipinski definition) is 4. The molecular weight excluding hydrogens is 258 g/mol. The molecule has 0 aliphatic carbocycles. The molecule has 0 aromatic carbocycles. The van der Waals surface area contributed by atoms with Gasteiger partial charge < -0.3 is 10.4 Å². The summed E-state index contributed by atoms with van der Waals surface area (Å²) in [5.41, 5.74) is 2.21. The molecule has 0 saturated heterocycles. The fourth-order valence-corrected chi connectivity index (χ4v) is 2.84. The Morgan fingerprint density at radius 2 is 2.32 bits per heavy atom. The van der Waals surface area contributed by atoms with Gasteiger partial charge in [0.15, 0.2) is 0 Å². The third-order valence-corrected chi connectivity index (χ3v) is 3.81. The van der Waals surface area contributed by atoms with Gasteiger partial charge in [0.05, 0.1) is 22.9 Å². The monoisotopic (exact) mass is 279 g/mol. The van der Waals surface area contributed by atoms with Gasteiger partial charge in [0.2, 0.25) is 0 Å². The van der Waals surface area contributed by atoms with E-state index in [9.17, 15) is 5.11 Å². The number of aliphatic hydroxyl groups excluding tert-OH is 1. The first-order valence-electron chi connectivity index (χ1n) is 6.61. The van der Waals surface area contributed by atoms with Crippen molar-refractivity contribution in [1.29, 1.82) is 0 Å². The molecular formula is C14H21N3OS. The highest BCUT2D eigenvalue weighted by Crippen LogP contribution is 2.25. The summed E-state index contributed by atoms with van der Waals surface area (Å²) in [6, 6.07) is 4.11. The van der Waals surface area contributed by atoms with E-state index in [0.29, 0.717) is 12.5 Å². The first-order chi connectivity index (χ1) is 9.16. The zero-order valence-corrected chi connectivity index (χ0v) is 12.2. The number of rotatable bonds is 7. The van der Waals surface area contributed by atoms with Crippen LogP contribution in [0.2, 0.25) is 0 Å². The maximum Gasteiger partial charge on any atom is 0.0794 e. The van der Waals surface area contributed by atoms with Crippen molar-refractivity contribution in [2.75, 3.05) is 6.54 Å². The Morgan fingerprint density at radius 1 is 1.47 bits per heavy atom. The number of thiophene rings is 1. The third-order valence-electron chi connectivity index (χ3n) is 2.92. The Balaban J connectivity index is 1.86. The molecule has 3 N–H and O–H groups in total. The van der Waals surface area contributed by atoms with E-state index < -0.39 is 0 Å². The summed E-state index contributed by atoms with van der Waals surface area (Å²) >= 11 is 1.69. The summed E-state index contributed by atoms with van der Waals surface area (Å²) in [4.78, 5) is 1.19. The highest BCUT2D eigenvalue weighted by Gasteiger charge is 2.10. The minimum absolute atomic E-state index is 0.280. The van der Waals surface area contributed by atoms with Gasteiger partial charge in [-0.1, -0.05) is 19.9 Å². The summed E-state index contributed by atoms with van der Waals surface area (Å²) in [7, 11) is 0. The maximum atomic E-state index is 9.82. The van der Waals surface area contributed by atoms with E-state index in [0.717, 1.165) is 24.2 Å². The Hall–Kier alpha value is -1.17. The van der Waals surface area contributed by atoms with Crippen LogP contribution in [0.4, 0.5) is 0 Å². The number of aromatic nitrogens is 2. The lowest BCUT2D eigenvalue weighted by Crippen LogP contribution is -2.27. The van der Waals surface area contributed by atoms with Gasteiger partial charge in [0, 0.05) is 18.7 Å². The SMILES string of the molecule is CC(C)CC(O)CNCc1cn[nH]c1-c1cccs1. The molecule has 19 heavy (non-hydrogen) atoms. The Morgan fingerprint density at radius 3 is 3.00 bits per heavy atom. The second-order valence-corrected chi connectivity index (χ2v) is 6.11. The summed E-state index contributed by atoms with van der Waals surface area (Å²) in [5.74, 6) is 0.521. The van der Waals surface area contributed by atoms with Crippen LogP contribution in [-0.2, 0) is 6.54 Å². The smallest absolute Gasteiger partial charge is 0.0794 e. The molecule has 1 unspecified atom stereocenters. The number of hydrogen-bond donors (Lipinski definition) is 3. The van der Waals surface area contributed by atoms with E-state index in [1.165, 1.54) is 4.88 Å². The largest absolute Gasteiger partial charge is 0.392 e. The standard InChI is InChI=1S/C14H21N3OS/c1-10(2)6-12(18)9-15-7-11-8-16-17-14(11)13-4-3-5-19-13/h3-5,8,10,12,15,18H,6-7,9H2,1-2H3,(H,16,17). The van der Waals surface area contributed by atoms with Crippen molar-refractivity contribution < 1.29 is 5.11 Å². The molecule has 0 aliphatic rings. The number of aromatic amines is 1. The molecule has 2 aromatic rings. The zero-order valence-electron chi connectivity index (χ0n) is 11.4. The predicted octanol–water partition coefficient (Wildman–Crippen LogP) is 2.63. The number of aliphatic hydroxyl groups is 1. The molecule has 2 heterocycles. The molecule has 0 spiro atoms. The van der Waals surface area contributed by atoms with Gasteiger partial charge in [-0.05, 0) is 23.8 Å². The van der Waals surface area contributed by atoms with Gasteiger partial charge in [0.25, 0.3) is 0 Å². The van der Waals surface area contributed by atoms with Gasteiger partial charge in [-0.25, -0.2) is 0 Å². The summed E-state index contributed by atoms with van der Waals surface area (Å²) in [6.07, 6.45) is 2.39. The van der Waals surface area contributed by atoms with Crippen LogP contribution < -0.4 is 5.32 Å². The molecule has 2 rings (SSSR count). The Labute approximate surface area is 117 Å². The lowest BCUT2D eigenvalue weighted by molar-refractivity contribution is 0.146. The second kappa shape index (κ2) is 6.84. The minimum atomic E-state index is -0.280. The van der Waals surface area contributed by atoms with E-state index in [1.807, 2.05) is 12.3 Å². The predicted molar refractivity (Wildman–Crippen MR) is 79.1 cm³/mol. The van der Waals surface area contributed by atoms with E-state index >= 15 is 0 Å². The van der Waals surface area contributed by atoms with Crippen LogP contribution in [0.3, 0.4) is 0 Å². The van der Waals surface area contributed by atoms with Crippen molar-refractivity contribution in [3.05, 3.63) is 29.3 Å². The van der Waals surface area contributed by atoms with Crippen molar-refractivity contribution in [2.24, 2.45) is 5.92 Å². The summed E-state index contributed by atoms with van der Waals surface area (Å²) in [6.45, 7) is 5.58. The van der Waals surface area contributed by atoms with E-state index in [1.54, 1.807) is 11.3 Å². The van der Waals surface area contributed by atoms with E-state index in [2.05, 4.69) is 40.8 Å². The van der Waals surface area contributed by atoms with Crippen LogP contribution >= 0.6 is 11.3 Å². The van der Waals surface area contributed by atoms with Crippen molar-refractivity contribution >= 4 is 11.3 Å². The fraction of sp³-hybridized carbons (Fsp3) is 0.500. The average molecular weight is 279 g/mol. The van der Waals surface area contributed by atoms with Gasteiger partial charge >= 0.3 is 0 Å². The Bertz CT molecular complexity index is 479. The minimum Gasteiger partial charge on any atom is -0.392 e. The van der Waals surface area contributed by atoms with Crippen LogP contribution in [0.1, 0.15) is 25.8 Å². The molecule has 5 heteroatoms. The molecule has 0 aliphatic heterocycles. The lowest BCUT2D eigenvalue weighted by Gasteiger charge is -2.13. The first-order valence-corrected chi connectivity index (χ1v) is 7.49. The second-order valence-electron chi connectivity index (χ2n) is 5.16. The van der Waals surface area contributed by atoms with Crippen LogP contribution in [0.15, 0.2) is 23.7 Å². The molecule has 0 bridgehead atoms. The van der Waals surface area contributed by atoms with E-state index in [4.69, 9.17) is 0 Å². The highest BCUT2D eigenvalue weighted by molar-refractivity contribution is 7.13. The number of H-pyrrole nitrogens is 1. The van der Waals surface area contributed by atoms with Crippen molar-refractivity contribution in [3.8, 4) is 10.6 Å². The first kappa shape index (κ1) is 14.2. The van der Waals surface area contributed by atoms with Crippen LogP contribution in [0.25, 0.3) is 10.6 Å². The maximum absolute atomic E-state index is 9.82. The molecule has 4 nitrogen and oxygen atoms in total. The highest BCUT2D eigenvalue weighted by atomic mass is 32.1. The van der Waals surface area contributed by atoms with Gasteiger partial charge in [-0.15, -0.1) is 11.3 Å². The van der Waals surface area contributed by atoms with Crippen LogP contribution in [-0.4, -0.2) is 28.0 Å². The van der Waals surface area contributed by atoms with Gasteiger partial charge in [-0.2, -0.15) is 5.10 Å². The zero-order chi connectivity index (χ0) is 13.7. The topological polar surface area (TPSA) is 60.9 Å². The van der Waals surface area contributed by atoms with Gasteiger partial charge in [-0.3, -0.25) is 5.10 Å². The van der Waals surface area contributed by atoms with E-state index in [-0.39, 0.29) is 6.10 Å². The normalized spacial score (nSPS) is 13.1. The third kappa shape index (κ3) is 4.16. The molecule has 1 atom stereocenters. The molecule has 0 saturated carbocycles. The number of nitrogens with zero attached hydrogens (tertiary/aromatic N) is 1. The molecule has 0 radical (unpaired) electrons. The molecule has 0 fully saturated rings. The molecule has 2 aromatic heterocycles. The van der Waals surface area contributed by atoms with Gasteiger partial charge in [0.1, 0.15) is 0 Å². The lowest BCUT2D eigenvalue weighted by atomic mass is 10.1. The molecule has 0 amide bonds. The van der Waals surface area contributed by atoms with Crippen molar-refractivity contribution in [2.45, 2.75) is 32.9 Å². The summed E-state index contributed by atoms with van der Waals surface area (Å²) < 4.78 is 0. The average Bonchev–Trinajstić information content (AvgIpc) is 2.96. The Kier molecular flexibility index (Phi) is 5.13. The van der Waals surface area contributed by atoms with Crippen molar-refractivity contribution in [1.82, 2.24) is 15.5 Å². The van der Waals surface area contributed by atoms with Crippen molar-refractivity contribution in [3.63, 3.8) is 0 Å². The molecule has 104 valence electrons. The quantitative estimate of drug-likeness (QED) is 0.730.